The number of carbonyl (C=O) groups excluding carboxylic acids is 1. The van der Waals surface area contributed by atoms with E-state index in [1.807, 2.05) is 62.4 Å². The van der Waals surface area contributed by atoms with E-state index in [0.717, 1.165) is 22.7 Å². The summed E-state index contributed by atoms with van der Waals surface area (Å²) in [4.78, 5) is 12.0. The Morgan fingerprint density at radius 1 is 1.14 bits per heavy atom. The van der Waals surface area contributed by atoms with Gasteiger partial charge in [-0.2, -0.15) is 0 Å². The largest absolute Gasteiger partial charge is 0.492 e. The van der Waals surface area contributed by atoms with Crippen LogP contribution in [0.2, 0.25) is 0 Å². The van der Waals surface area contributed by atoms with Gasteiger partial charge in [0, 0.05) is 5.69 Å². The van der Waals surface area contributed by atoms with Crippen LogP contribution in [0.25, 0.3) is 0 Å². The summed E-state index contributed by atoms with van der Waals surface area (Å²) in [6.07, 6.45) is 0. The molecule has 0 atom stereocenters. The van der Waals surface area contributed by atoms with Crippen LogP contribution in [0.3, 0.4) is 0 Å². The highest BCUT2D eigenvalue weighted by Gasteiger charge is 2.05. The molecule has 0 aliphatic carbocycles. The number of aryl methyl sites for hydroxylation is 1. The van der Waals surface area contributed by atoms with Crippen molar-refractivity contribution in [1.29, 1.82) is 0 Å². The summed E-state index contributed by atoms with van der Waals surface area (Å²) in [5.74, 6) is 0.662. The summed E-state index contributed by atoms with van der Waals surface area (Å²) in [5.41, 5.74) is 2.74. The molecule has 0 aliphatic heterocycles. The summed E-state index contributed by atoms with van der Waals surface area (Å²) in [6.45, 7) is 4.71. The van der Waals surface area contributed by atoms with E-state index in [1.54, 1.807) is 0 Å². The number of hydrogen-bond acceptors (Lipinski definition) is 3. The first kappa shape index (κ1) is 14.9. The van der Waals surface area contributed by atoms with Gasteiger partial charge in [-0.15, -0.1) is 0 Å². The zero-order chi connectivity index (χ0) is 15.1. The smallest absolute Gasteiger partial charge is 0.243 e. The van der Waals surface area contributed by atoms with Gasteiger partial charge in [-0.05, 0) is 43.7 Å². The van der Waals surface area contributed by atoms with Crippen molar-refractivity contribution in [2.24, 2.45) is 0 Å². The topological polar surface area (TPSA) is 50.4 Å². The predicted molar refractivity (Wildman–Crippen MR) is 85.9 cm³/mol. The highest BCUT2D eigenvalue weighted by Crippen LogP contribution is 2.23. The maximum Gasteiger partial charge on any atom is 0.243 e. The Bertz CT molecular complexity index is 611. The highest BCUT2D eigenvalue weighted by molar-refractivity contribution is 5.94. The molecule has 0 spiro atoms. The van der Waals surface area contributed by atoms with Gasteiger partial charge < -0.3 is 15.4 Å². The first-order valence-electron chi connectivity index (χ1n) is 7.01. The van der Waals surface area contributed by atoms with E-state index in [9.17, 15) is 4.79 Å². The van der Waals surface area contributed by atoms with Crippen molar-refractivity contribution < 1.29 is 9.53 Å². The third kappa shape index (κ3) is 4.53. The van der Waals surface area contributed by atoms with Crippen molar-refractivity contribution in [3.8, 4) is 5.75 Å². The second-order valence-electron chi connectivity index (χ2n) is 4.70. The quantitative estimate of drug-likeness (QED) is 0.854. The van der Waals surface area contributed by atoms with E-state index in [-0.39, 0.29) is 12.5 Å². The molecule has 0 fully saturated rings. The Kier molecular flexibility index (Phi) is 5.21. The van der Waals surface area contributed by atoms with Crippen molar-refractivity contribution in [2.45, 2.75) is 13.8 Å². The van der Waals surface area contributed by atoms with Gasteiger partial charge in [-0.25, -0.2) is 0 Å². The van der Waals surface area contributed by atoms with Gasteiger partial charge in [-0.1, -0.05) is 24.3 Å². The van der Waals surface area contributed by atoms with E-state index in [4.69, 9.17) is 4.74 Å². The van der Waals surface area contributed by atoms with E-state index in [0.29, 0.717) is 6.61 Å². The first-order valence-corrected chi connectivity index (χ1v) is 7.01. The maximum absolute atomic E-state index is 12.0. The van der Waals surface area contributed by atoms with Gasteiger partial charge in [0.2, 0.25) is 5.91 Å². The van der Waals surface area contributed by atoms with Crippen molar-refractivity contribution in [3.63, 3.8) is 0 Å². The van der Waals surface area contributed by atoms with Gasteiger partial charge in [0.05, 0.1) is 18.8 Å². The van der Waals surface area contributed by atoms with Crippen LogP contribution in [-0.4, -0.2) is 19.1 Å². The minimum atomic E-state index is -0.0908. The second-order valence-corrected chi connectivity index (χ2v) is 4.70. The third-order valence-corrected chi connectivity index (χ3v) is 2.93. The Labute approximate surface area is 125 Å². The Balaban J connectivity index is 1.92. The van der Waals surface area contributed by atoms with E-state index < -0.39 is 0 Å². The monoisotopic (exact) mass is 284 g/mol. The molecule has 2 aromatic carbocycles. The van der Waals surface area contributed by atoms with Crippen LogP contribution in [-0.2, 0) is 4.79 Å². The molecule has 0 heterocycles. The van der Waals surface area contributed by atoms with Crippen molar-refractivity contribution >= 4 is 17.3 Å². The fraction of sp³-hybridized carbons (Fsp3) is 0.235. The lowest BCUT2D eigenvalue weighted by Gasteiger charge is -2.12. The molecule has 0 saturated heterocycles. The zero-order valence-electron chi connectivity index (χ0n) is 12.3. The minimum absolute atomic E-state index is 0.0908. The summed E-state index contributed by atoms with van der Waals surface area (Å²) < 4.78 is 5.51. The molecular weight excluding hydrogens is 264 g/mol. The number of rotatable bonds is 6. The van der Waals surface area contributed by atoms with Gasteiger partial charge >= 0.3 is 0 Å². The lowest BCUT2D eigenvalue weighted by Crippen LogP contribution is -2.22. The van der Waals surface area contributed by atoms with Gasteiger partial charge in [-0.3, -0.25) is 4.79 Å². The first-order chi connectivity index (χ1) is 10.2. The Hall–Kier alpha value is -2.49. The molecule has 110 valence electrons. The van der Waals surface area contributed by atoms with Crippen LogP contribution in [0.4, 0.5) is 11.4 Å². The van der Waals surface area contributed by atoms with Gasteiger partial charge in [0.25, 0.3) is 0 Å². The number of para-hydroxylation sites is 2. The maximum atomic E-state index is 12.0. The number of ether oxygens (including phenoxy) is 1. The molecule has 0 saturated carbocycles. The minimum Gasteiger partial charge on any atom is -0.492 e. The van der Waals surface area contributed by atoms with Gasteiger partial charge in [0.1, 0.15) is 5.75 Å². The fourth-order valence-corrected chi connectivity index (χ4v) is 2.00. The number of carbonyl (C=O) groups is 1. The molecule has 0 aliphatic rings. The molecule has 4 heteroatoms. The van der Waals surface area contributed by atoms with E-state index in [2.05, 4.69) is 10.6 Å². The van der Waals surface area contributed by atoms with Crippen molar-refractivity contribution in [1.82, 2.24) is 0 Å². The van der Waals surface area contributed by atoms with Crippen LogP contribution in [0.5, 0.6) is 5.75 Å². The number of anilines is 2. The molecule has 21 heavy (non-hydrogen) atoms. The normalized spacial score (nSPS) is 10.0. The molecule has 1 amide bonds. The summed E-state index contributed by atoms with van der Waals surface area (Å²) >= 11 is 0. The van der Waals surface area contributed by atoms with Crippen molar-refractivity contribution in [2.75, 3.05) is 23.8 Å². The third-order valence-electron chi connectivity index (χ3n) is 2.93. The number of nitrogens with one attached hydrogen (secondary N) is 2. The lowest BCUT2D eigenvalue weighted by molar-refractivity contribution is -0.114. The van der Waals surface area contributed by atoms with E-state index >= 15 is 0 Å². The number of benzene rings is 2. The molecule has 4 nitrogen and oxygen atoms in total. The second kappa shape index (κ2) is 7.33. The molecule has 0 unspecified atom stereocenters. The predicted octanol–water partition coefficient (Wildman–Crippen LogP) is 3.44. The summed E-state index contributed by atoms with van der Waals surface area (Å²) in [6, 6.07) is 15.3. The molecule has 2 N–H and O–H groups in total. The van der Waals surface area contributed by atoms with Crippen LogP contribution in [0.15, 0.2) is 48.5 Å². The average Bonchev–Trinajstić information content (AvgIpc) is 2.47. The molecule has 0 aromatic heterocycles. The molecule has 2 rings (SSSR count). The van der Waals surface area contributed by atoms with Crippen LogP contribution in [0, 0.1) is 6.92 Å². The summed E-state index contributed by atoms with van der Waals surface area (Å²) in [5, 5.41) is 5.96. The lowest BCUT2D eigenvalue weighted by atomic mass is 10.2. The molecule has 2 aromatic rings. The molecular formula is C17H20N2O2. The number of hydrogen-bond donors (Lipinski definition) is 2. The molecule has 0 radical (unpaired) electrons. The molecule has 0 bridgehead atoms. The van der Waals surface area contributed by atoms with Crippen LogP contribution >= 0.6 is 0 Å². The zero-order valence-corrected chi connectivity index (χ0v) is 12.3. The van der Waals surface area contributed by atoms with Crippen molar-refractivity contribution in [3.05, 3.63) is 54.1 Å². The Morgan fingerprint density at radius 2 is 1.95 bits per heavy atom. The van der Waals surface area contributed by atoms with E-state index in [1.165, 1.54) is 0 Å². The van der Waals surface area contributed by atoms with Gasteiger partial charge in [0.15, 0.2) is 0 Å². The fourth-order valence-electron chi connectivity index (χ4n) is 2.00. The Morgan fingerprint density at radius 3 is 2.71 bits per heavy atom. The number of amides is 1. The van der Waals surface area contributed by atoms with Crippen LogP contribution < -0.4 is 15.4 Å². The average molecular weight is 284 g/mol. The van der Waals surface area contributed by atoms with Crippen LogP contribution in [0.1, 0.15) is 12.5 Å². The SMILES string of the molecule is CCOc1ccccc1NCC(=O)Nc1cccc(C)c1. The highest BCUT2D eigenvalue weighted by atomic mass is 16.5. The summed E-state index contributed by atoms with van der Waals surface area (Å²) in [7, 11) is 0. The standard InChI is InChI=1S/C17H20N2O2/c1-3-21-16-10-5-4-9-15(16)18-12-17(20)19-14-8-6-7-13(2)11-14/h4-11,18H,3,12H2,1-2H3,(H,19,20).